The van der Waals surface area contributed by atoms with Gasteiger partial charge in [-0.05, 0) is 77.8 Å². The van der Waals surface area contributed by atoms with Crippen LogP contribution < -0.4 is 14.8 Å². The lowest BCUT2D eigenvalue weighted by molar-refractivity contribution is 0.269. The minimum absolute atomic E-state index is 0.437. The van der Waals surface area contributed by atoms with Gasteiger partial charge in [-0.25, -0.2) is 0 Å². The molecule has 7 nitrogen and oxygen atoms in total. The van der Waals surface area contributed by atoms with E-state index in [0.717, 1.165) is 50.9 Å². The average molecular weight is 589 g/mol. The van der Waals surface area contributed by atoms with Gasteiger partial charge in [0.1, 0.15) is 6.61 Å². The van der Waals surface area contributed by atoms with Gasteiger partial charge in [-0.3, -0.25) is 0 Å². The average Bonchev–Trinajstić information content (AvgIpc) is 3.37. The second kappa shape index (κ2) is 13.6. The number of para-hydroxylation sites is 1. The number of aromatic nitrogens is 4. The second-order valence-electron chi connectivity index (χ2n) is 7.83. The molecule has 4 rings (SSSR count). The summed E-state index contributed by atoms with van der Waals surface area (Å²) in [4.78, 5) is 0. The maximum atomic E-state index is 6.05. The van der Waals surface area contributed by atoms with E-state index in [2.05, 4.69) is 36.8 Å². The van der Waals surface area contributed by atoms with Crippen LogP contribution in [-0.4, -0.2) is 39.1 Å². The first-order chi connectivity index (χ1) is 17.6. The fourth-order valence-electron chi connectivity index (χ4n) is 3.42. The van der Waals surface area contributed by atoms with Crippen molar-refractivity contribution >= 4 is 39.3 Å². The summed E-state index contributed by atoms with van der Waals surface area (Å²) in [5.74, 6) is 2.34. The van der Waals surface area contributed by atoms with Crippen LogP contribution in [0.4, 0.5) is 0 Å². The molecule has 4 aromatic rings. The largest absolute Gasteiger partial charge is 0.490 e. The Morgan fingerprint density at radius 1 is 1.03 bits per heavy atom. The summed E-state index contributed by atoms with van der Waals surface area (Å²) >= 11 is 11.3. The Labute approximate surface area is 228 Å². The lowest BCUT2D eigenvalue weighted by Gasteiger charge is -2.15. The molecule has 0 amide bonds. The first-order valence-corrected chi connectivity index (χ1v) is 13.8. The number of thioether (sulfide) groups is 1. The lowest BCUT2D eigenvalue weighted by atomic mass is 10.2. The van der Waals surface area contributed by atoms with Gasteiger partial charge in [-0.15, -0.1) is 5.10 Å². The van der Waals surface area contributed by atoms with Crippen molar-refractivity contribution < 1.29 is 9.47 Å². The van der Waals surface area contributed by atoms with Gasteiger partial charge in [-0.1, -0.05) is 69.6 Å². The summed E-state index contributed by atoms with van der Waals surface area (Å²) in [6.07, 6.45) is 0.977. The number of tetrazole rings is 1. The molecule has 3 aromatic carbocycles. The van der Waals surface area contributed by atoms with Crippen LogP contribution in [0.5, 0.6) is 11.5 Å². The molecule has 36 heavy (non-hydrogen) atoms. The number of benzene rings is 3. The summed E-state index contributed by atoms with van der Waals surface area (Å²) in [5, 5.41) is 17.1. The summed E-state index contributed by atoms with van der Waals surface area (Å²) in [7, 11) is 0. The molecule has 10 heteroatoms. The minimum Gasteiger partial charge on any atom is -0.490 e. The van der Waals surface area contributed by atoms with Crippen molar-refractivity contribution in [1.29, 1.82) is 0 Å². The molecule has 0 aliphatic carbocycles. The molecule has 1 N–H and O–H groups in total. The summed E-state index contributed by atoms with van der Waals surface area (Å²) in [6, 6.07) is 21.5. The van der Waals surface area contributed by atoms with Gasteiger partial charge < -0.3 is 14.8 Å². The second-order valence-corrected chi connectivity index (χ2v) is 10.2. The van der Waals surface area contributed by atoms with Gasteiger partial charge in [0.2, 0.25) is 5.16 Å². The van der Waals surface area contributed by atoms with E-state index in [1.165, 1.54) is 0 Å². The van der Waals surface area contributed by atoms with Crippen LogP contribution in [0.25, 0.3) is 5.69 Å². The van der Waals surface area contributed by atoms with E-state index in [1.54, 1.807) is 16.4 Å². The van der Waals surface area contributed by atoms with Gasteiger partial charge in [0.25, 0.3) is 0 Å². The van der Waals surface area contributed by atoms with E-state index >= 15 is 0 Å². The lowest BCUT2D eigenvalue weighted by Crippen LogP contribution is -2.16. The van der Waals surface area contributed by atoms with Gasteiger partial charge in [0.15, 0.2) is 11.5 Å². The van der Waals surface area contributed by atoms with Crippen molar-refractivity contribution in [3.63, 3.8) is 0 Å². The van der Waals surface area contributed by atoms with Crippen molar-refractivity contribution in [2.45, 2.75) is 31.7 Å². The van der Waals surface area contributed by atoms with Crippen LogP contribution in [0.3, 0.4) is 0 Å². The van der Waals surface area contributed by atoms with Crippen molar-refractivity contribution in [2.24, 2.45) is 0 Å². The van der Waals surface area contributed by atoms with Crippen molar-refractivity contribution in [3.05, 3.63) is 87.4 Å². The number of ether oxygens (including phenoxy) is 2. The highest BCUT2D eigenvalue weighted by Crippen LogP contribution is 2.34. The Balaban J connectivity index is 1.26. The van der Waals surface area contributed by atoms with Crippen LogP contribution in [0.1, 0.15) is 24.5 Å². The van der Waals surface area contributed by atoms with E-state index in [0.29, 0.717) is 30.5 Å². The van der Waals surface area contributed by atoms with E-state index in [1.807, 2.05) is 73.7 Å². The van der Waals surface area contributed by atoms with Crippen molar-refractivity contribution in [1.82, 2.24) is 25.5 Å². The fourth-order valence-corrected chi connectivity index (χ4v) is 4.84. The maximum absolute atomic E-state index is 6.05. The molecule has 1 heterocycles. The van der Waals surface area contributed by atoms with Gasteiger partial charge >= 0.3 is 0 Å². The van der Waals surface area contributed by atoms with E-state index in [-0.39, 0.29) is 0 Å². The molecule has 0 bridgehead atoms. The van der Waals surface area contributed by atoms with Gasteiger partial charge in [-0.2, -0.15) is 4.68 Å². The number of nitrogens with zero attached hydrogens (tertiary/aromatic N) is 4. The van der Waals surface area contributed by atoms with E-state index in [4.69, 9.17) is 21.1 Å². The predicted octanol–water partition coefficient (Wildman–Crippen LogP) is 6.33. The SMILES string of the molecule is CCOc1cc(CNCCCSc2nnnn2-c2ccccc2)c(Br)cc1OCc1ccc(Cl)cc1. The third-order valence-electron chi connectivity index (χ3n) is 5.21. The Morgan fingerprint density at radius 2 is 1.81 bits per heavy atom. The number of hydrogen-bond acceptors (Lipinski definition) is 7. The van der Waals surface area contributed by atoms with Crippen molar-refractivity contribution in [2.75, 3.05) is 18.9 Å². The number of halogens is 2. The number of nitrogens with one attached hydrogen (secondary N) is 1. The predicted molar refractivity (Wildman–Crippen MR) is 147 cm³/mol. The summed E-state index contributed by atoms with van der Waals surface area (Å²) < 4.78 is 14.6. The Hall–Kier alpha value is -2.59. The highest BCUT2D eigenvalue weighted by molar-refractivity contribution is 9.10. The summed E-state index contributed by atoms with van der Waals surface area (Å²) in [6.45, 7) is 4.54. The Kier molecular flexibility index (Phi) is 10.0. The molecule has 188 valence electrons. The first kappa shape index (κ1) is 26.5. The van der Waals surface area contributed by atoms with Crippen LogP contribution >= 0.6 is 39.3 Å². The van der Waals surface area contributed by atoms with Gasteiger partial charge in [0.05, 0.1) is 12.3 Å². The smallest absolute Gasteiger partial charge is 0.214 e. The molecule has 1 aromatic heterocycles. The monoisotopic (exact) mass is 587 g/mol. The molecule has 0 aliphatic rings. The Morgan fingerprint density at radius 3 is 2.58 bits per heavy atom. The number of hydrogen-bond donors (Lipinski definition) is 1. The third-order valence-corrected chi connectivity index (χ3v) is 7.20. The van der Waals surface area contributed by atoms with Crippen LogP contribution in [-0.2, 0) is 13.2 Å². The maximum Gasteiger partial charge on any atom is 0.214 e. The molecular weight excluding hydrogens is 562 g/mol. The first-order valence-electron chi connectivity index (χ1n) is 11.6. The zero-order valence-electron chi connectivity index (χ0n) is 19.9. The molecular formula is C26H27BrClN5O2S. The molecule has 0 atom stereocenters. The molecule has 0 saturated heterocycles. The topological polar surface area (TPSA) is 74.1 Å². The normalized spacial score (nSPS) is 11.0. The zero-order chi connectivity index (χ0) is 25.2. The molecule has 0 unspecified atom stereocenters. The molecule has 0 saturated carbocycles. The molecule has 0 radical (unpaired) electrons. The standard InChI is InChI=1S/C26H27BrClN5O2S/c1-2-34-24-15-20(23(27)16-25(24)35-18-19-9-11-21(28)12-10-19)17-29-13-6-14-36-26-30-31-32-33(26)22-7-4-3-5-8-22/h3-5,7-12,15-16,29H,2,6,13-14,17-18H2,1H3. The van der Waals surface area contributed by atoms with Crippen molar-refractivity contribution in [3.8, 4) is 17.2 Å². The Bertz CT molecular complexity index is 1240. The zero-order valence-corrected chi connectivity index (χ0v) is 23.0. The molecule has 0 aliphatic heterocycles. The minimum atomic E-state index is 0.437. The summed E-state index contributed by atoms with van der Waals surface area (Å²) in [5.41, 5.74) is 3.11. The van der Waals surface area contributed by atoms with E-state index in [9.17, 15) is 0 Å². The molecule has 0 spiro atoms. The van der Waals surface area contributed by atoms with Crippen LogP contribution in [0.2, 0.25) is 5.02 Å². The highest BCUT2D eigenvalue weighted by atomic mass is 79.9. The van der Waals surface area contributed by atoms with Crippen LogP contribution in [0.15, 0.2) is 76.4 Å². The molecule has 0 fully saturated rings. The van der Waals surface area contributed by atoms with E-state index < -0.39 is 0 Å². The third kappa shape index (κ3) is 7.46. The fraction of sp³-hybridized carbons (Fsp3) is 0.269. The quantitative estimate of drug-likeness (QED) is 0.145. The van der Waals surface area contributed by atoms with Crippen LogP contribution in [0, 0.1) is 0 Å². The van der Waals surface area contributed by atoms with Gasteiger partial charge in [0, 0.05) is 21.8 Å². The number of rotatable bonds is 13. The highest BCUT2D eigenvalue weighted by Gasteiger charge is 2.12.